The lowest BCUT2D eigenvalue weighted by molar-refractivity contribution is -0.175. The van der Waals surface area contributed by atoms with E-state index < -0.39 is 14.1 Å². The van der Waals surface area contributed by atoms with Crippen molar-refractivity contribution in [2.45, 2.75) is 82.6 Å². The first-order valence-corrected chi connectivity index (χ1v) is 14.0. The van der Waals surface area contributed by atoms with Crippen LogP contribution in [0.5, 0.6) is 0 Å². The highest BCUT2D eigenvalue weighted by atomic mass is 28.4. The van der Waals surface area contributed by atoms with Gasteiger partial charge in [0.05, 0.1) is 18.7 Å². The van der Waals surface area contributed by atoms with Crippen molar-refractivity contribution in [3.8, 4) is 0 Å². The van der Waals surface area contributed by atoms with Crippen LogP contribution in [0.1, 0.15) is 47.5 Å². The zero-order chi connectivity index (χ0) is 23.4. The molecule has 0 unspecified atom stereocenters. The number of piperidine rings is 1. The van der Waals surface area contributed by atoms with Crippen LogP contribution in [-0.4, -0.2) is 55.8 Å². The quantitative estimate of drug-likeness (QED) is 0.649. The Kier molecular flexibility index (Phi) is 5.56. The summed E-state index contributed by atoms with van der Waals surface area (Å²) >= 11 is 0. The number of amides is 1. The summed E-state index contributed by atoms with van der Waals surface area (Å²) in [5, 5.41) is 2.39. The highest BCUT2D eigenvalue weighted by Crippen LogP contribution is 2.44. The van der Waals surface area contributed by atoms with Crippen LogP contribution in [0.2, 0.25) is 5.04 Å². The summed E-state index contributed by atoms with van der Waals surface area (Å²) in [6.45, 7) is 11.4. The van der Waals surface area contributed by atoms with E-state index in [9.17, 15) is 4.79 Å². The molecule has 0 N–H and O–H groups in total. The first-order chi connectivity index (χ1) is 15.6. The minimum Gasteiger partial charge on any atom is -0.402 e. The maximum Gasteiger partial charge on any atom is 0.261 e. The van der Waals surface area contributed by atoms with Gasteiger partial charge >= 0.3 is 0 Å². The molecule has 0 saturated carbocycles. The van der Waals surface area contributed by atoms with Crippen LogP contribution >= 0.6 is 0 Å². The molecule has 176 valence electrons. The number of hydrogen-bond acceptors (Lipinski definition) is 4. The normalized spacial score (nSPS) is 29.1. The van der Waals surface area contributed by atoms with E-state index in [1.54, 1.807) is 0 Å². The topological polar surface area (TPSA) is 48.0 Å². The fraction of sp³-hybridized carbons (Fsp3) is 0.519. The van der Waals surface area contributed by atoms with E-state index in [1.807, 2.05) is 18.7 Å². The van der Waals surface area contributed by atoms with Crippen molar-refractivity contribution < 1.29 is 18.7 Å². The molecule has 3 aliphatic rings. The molecule has 5 nitrogen and oxygen atoms in total. The minimum absolute atomic E-state index is 0.0997. The molecule has 0 bridgehead atoms. The molecule has 1 amide bonds. The SMILES string of the molecule is CC1(C)O[C@H]2[C@@H]3[C@@H](O[Si](c4ccccc4)(c4ccccc4)C(C)(C)C)CCC(=O)N3C[C@H]2O1. The van der Waals surface area contributed by atoms with Gasteiger partial charge in [0.15, 0.2) is 5.79 Å². The van der Waals surface area contributed by atoms with Crippen molar-refractivity contribution >= 4 is 24.6 Å². The average Bonchev–Trinajstić information content (AvgIpc) is 3.26. The molecular weight excluding hydrogens is 430 g/mol. The summed E-state index contributed by atoms with van der Waals surface area (Å²) in [5.41, 5.74) is 0. The number of ether oxygens (including phenoxy) is 2. The molecule has 0 spiro atoms. The molecule has 3 saturated heterocycles. The zero-order valence-corrected chi connectivity index (χ0v) is 21.3. The van der Waals surface area contributed by atoms with E-state index in [1.165, 1.54) is 10.4 Å². The van der Waals surface area contributed by atoms with Gasteiger partial charge in [0.1, 0.15) is 12.2 Å². The average molecular weight is 466 g/mol. The second-order valence-corrected chi connectivity index (χ2v) is 15.3. The molecule has 0 aromatic heterocycles. The molecule has 2 aromatic rings. The Bertz CT molecular complexity index is 964. The molecule has 0 aliphatic carbocycles. The minimum atomic E-state index is -2.73. The van der Waals surface area contributed by atoms with Gasteiger partial charge in [0.25, 0.3) is 8.32 Å². The smallest absolute Gasteiger partial charge is 0.261 e. The molecule has 0 radical (unpaired) electrons. The lowest BCUT2D eigenvalue weighted by Crippen LogP contribution is -2.70. The second kappa shape index (κ2) is 8.05. The van der Waals surface area contributed by atoms with Crippen molar-refractivity contribution in [1.29, 1.82) is 0 Å². The van der Waals surface area contributed by atoms with Gasteiger partial charge in [0, 0.05) is 6.42 Å². The predicted molar refractivity (Wildman–Crippen MR) is 131 cm³/mol. The van der Waals surface area contributed by atoms with Crippen molar-refractivity contribution in [2.24, 2.45) is 0 Å². The van der Waals surface area contributed by atoms with E-state index in [0.29, 0.717) is 19.4 Å². The van der Waals surface area contributed by atoms with Crippen LogP contribution in [0.25, 0.3) is 0 Å². The van der Waals surface area contributed by atoms with E-state index in [0.717, 1.165) is 0 Å². The van der Waals surface area contributed by atoms with E-state index in [2.05, 4.69) is 81.4 Å². The van der Waals surface area contributed by atoms with Crippen LogP contribution in [0.4, 0.5) is 0 Å². The van der Waals surface area contributed by atoms with Crippen LogP contribution in [0.15, 0.2) is 60.7 Å². The number of benzene rings is 2. The van der Waals surface area contributed by atoms with Crippen LogP contribution in [-0.2, 0) is 18.7 Å². The van der Waals surface area contributed by atoms with Gasteiger partial charge in [-0.1, -0.05) is 81.4 Å². The Morgan fingerprint density at radius 1 is 0.970 bits per heavy atom. The largest absolute Gasteiger partial charge is 0.402 e. The van der Waals surface area contributed by atoms with Crippen molar-refractivity contribution in [3.63, 3.8) is 0 Å². The fourth-order valence-electron chi connectivity index (χ4n) is 6.09. The van der Waals surface area contributed by atoms with Gasteiger partial charge in [-0.2, -0.15) is 0 Å². The third-order valence-corrected chi connectivity index (χ3v) is 12.4. The predicted octanol–water partition coefficient (Wildman–Crippen LogP) is 3.46. The number of carbonyl (C=O) groups excluding carboxylic acids is 1. The van der Waals surface area contributed by atoms with Gasteiger partial charge in [-0.15, -0.1) is 0 Å². The van der Waals surface area contributed by atoms with Gasteiger partial charge < -0.3 is 18.8 Å². The van der Waals surface area contributed by atoms with Gasteiger partial charge in [-0.05, 0) is 35.7 Å². The number of hydrogen-bond donors (Lipinski definition) is 0. The highest BCUT2D eigenvalue weighted by Gasteiger charge is 2.60. The lowest BCUT2D eigenvalue weighted by atomic mass is 9.96. The first kappa shape index (κ1) is 22.8. The maximum atomic E-state index is 12.9. The van der Waals surface area contributed by atoms with Crippen LogP contribution in [0, 0.1) is 0 Å². The first-order valence-electron chi connectivity index (χ1n) is 12.1. The van der Waals surface area contributed by atoms with Gasteiger partial charge in [0.2, 0.25) is 5.91 Å². The molecular formula is C27H35NO4Si. The Balaban J connectivity index is 1.60. The molecule has 4 atom stereocenters. The van der Waals surface area contributed by atoms with Crippen molar-refractivity contribution in [2.75, 3.05) is 6.54 Å². The van der Waals surface area contributed by atoms with E-state index in [-0.39, 0.29) is 35.3 Å². The van der Waals surface area contributed by atoms with Crippen LogP contribution < -0.4 is 10.4 Å². The maximum absolute atomic E-state index is 12.9. The summed E-state index contributed by atoms with van der Waals surface area (Å²) < 4.78 is 20.0. The van der Waals surface area contributed by atoms with Crippen molar-refractivity contribution in [3.05, 3.63) is 60.7 Å². The Labute approximate surface area is 198 Å². The Hall–Kier alpha value is -1.99. The molecule has 3 aliphatic heterocycles. The molecule has 33 heavy (non-hydrogen) atoms. The molecule has 3 fully saturated rings. The summed E-state index contributed by atoms with van der Waals surface area (Å²) in [5.74, 6) is -0.453. The summed E-state index contributed by atoms with van der Waals surface area (Å²) in [6.07, 6.45) is 0.839. The van der Waals surface area contributed by atoms with Gasteiger partial charge in [-0.25, -0.2) is 0 Å². The molecule has 2 aromatic carbocycles. The third kappa shape index (κ3) is 3.77. The van der Waals surface area contributed by atoms with Crippen molar-refractivity contribution in [1.82, 2.24) is 4.90 Å². The lowest BCUT2D eigenvalue weighted by Gasteiger charge is -2.48. The summed E-state index contributed by atoms with van der Waals surface area (Å²) in [4.78, 5) is 14.9. The number of rotatable bonds is 4. The standard InChI is InChI=1S/C27H35NO4Si/c1-26(2,3)33(19-12-8-6-9-13-19,20-14-10-7-11-15-20)32-21-16-17-23(29)28-18-22-25(24(21)28)31-27(4,5)30-22/h6-15,21-22,24-25H,16-18H2,1-5H3/t21-,22+,24-,25+/m0/s1. The monoisotopic (exact) mass is 465 g/mol. The number of nitrogens with zero attached hydrogens (tertiary/aromatic N) is 1. The molecule has 6 heteroatoms. The number of fused-ring (bicyclic) bond motifs is 3. The second-order valence-electron chi connectivity index (χ2n) is 11.0. The highest BCUT2D eigenvalue weighted by molar-refractivity contribution is 6.99. The Morgan fingerprint density at radius 2 is 1.55 bits per heavy atom. The number of carbonyl (C=O) groups is 1. The third-order valence-electron chi connectivity index (χ3n) is 7.38. The molecule has 5 rings (SSSR count). The van der Waals surface area contributed by atoms with E-state index in [4.69, 9.17) is 13.9 Å². The fourth-order valence-corrected chi connectivity index (χ4v) is 10.8. The summed E-state index contributed by atoms with van der Waals surface area (Å²) in [6, 6.07) is 21.3. The zero-order valence-electron chi connectivity index (χ0n) is 20.3. The van der Waals surface area contributed by atoms with E-state index >= 15 is 0 Å². The summed E-state index contributed by atoms with van der Waals surface area (Å²) in [7, 11) is -2.73. The van der Waals surface area contributed by atoms with Crippen LogP contribution in [0.3, 0.4) is 0 Å². The molecule has 3 heterocycles. The van der Waals surface area contributed by atoms with Gasteiger partial charge in [-0.3, -0.25) is 4.79 Å². The Morgan fingerprint density at radius 3 is 2.09 bits per heavy atom.